The molecule has 0 bridgehead atoms. The summed E-state index contributed by atoms with van der Waals surface area (Å²) in [6, 6.07) is 3.28. The van der Waals surface area contributed by atoms with Crippen LogP contribution < -0.4 is 4.72 Å². The fourth-order valence-corrected chi connectivity index (χ4v) is 4.01. The van der Waals surface area contributed by atoms with Gasteiger partial charge in [-0.3, -0.25) is 9.59 Å². The lowest BCUT2D eigenvalue weighted by Gasteiger charge is -2.30. The average molecular weight is 436 g/mol. The number of carbonyl (C=O) groups is 2. The number of halogens is 3. The van der Waals surface area contributed by atoms with E-state index in [-0.39, 0.29) is 18.9 Å². The Morgan fingerprint density at radius 3 is 2.69 bits per heavy atom. The van der Waals surface area contributed by atoms with E-state index in [1.807, 2.05) is 6.92 Å². The summed E-state index contributed by atoms with van der Waals surface area (Å²) < 4.78 is 69.3. The smallest absolute Gasteiger partial charge is 0.416 e. The van der Waals surface area contributed by atoms with Gasteiger partial charge in [-0.15, -0.1) is 0 Å². The first-order chi connectivity index (χ1) is 13.5. The van der Waals surface area contributed by atoms with Gasteiger partial charge in [0.2, 0.25) is 10.0 Å². The molecule has 1 amide bonds. The fourth-order valence-electron chi connectivity index (χ4n) is 2.93. The normalized spacial score (nSPS) is 17.8. The Balaban J connectivity index is 1.80. The number of rotatable bonds is 7. The number of esters is 1. The summed E-state index contributed by atoms with van der Waals surface area (Å²) in [6.07, 6.45) is -3.11. The third-order valence-corrected chi connectivity index (χ3v) is 5.92. The molecule has 1 fully saturated rings. The second kappa shape index (κ2) is 9.57. The van der Waals surface area contributed by atoms with E-state index in [1.54, 1.807) is 4.90 Å². The number of nitrogens with one attached hydrogen (secondary N) is 1. The van der Waals surface area contributed by atoms with Crippen molar-refractivity contribution in [2.45, 2.75) is 37.3 Å². The minimum Gasteiger partial charge on any atom is -0.456 e. The van der Waals surface area contributed by atoms with Gasteiger partial charge in [0.25, 0.3) is 5.91 Å². The van der Waals surface area contributed by atoms with Gasteiger partial charge in [0.05, 0.1) is 16.9 Å². The zero-order valence-electron chi connectivity index (χ0n) is 15.9. The summed E-state index contributed by atoms with van der Waals surface area (Å²) in [5.41, 5.74) is -1.09. The number of nitrogens with zero attached hydrogens (tertiary/aromatic N) is 1. The number of benzene rings is 1. The molecule has 1 saturated heterocycles. The van der Waals surface area contributed by atoms with Crippen LogP contribution in [0.2, 0.25) is 0 Å². The Bertz CT molecular complexity index is 842. The van der Waals surface area contributed by atoms with Gasteiger partial charge in [-0.2, -0.15) is 13.2 Å². The van der Waals surface area contributed by atoms with Crippen LogP contribution in [-0.2, 0) is 30.5 Å². The highest BCUT2D eigenvalue weighted by Crippen LogP contribution is 2.30. The van der Waals surface area contributed by atoms with Crippen LogP contribution in [0.1, 0.15) is 31.7 Å². The molecule has 1 N–H and O–H groups in total. The standard InChI is InChI=1S/C18H23F3N2O5S/c1-13-4-3-9-23(11-13)16(24)12-28-17(25)7-8-22-29(26,27)15-6-2-5-14(10-15)18(19,20)21/h2,5-6,10,13,22H,3-4,7-9,11-12H2,1H3. The van der Waals surface area contributed by atoms with E-state index in [2.05, 4.69) is 4.72 Å². The summed E-state index contributed by atoms with van der Waals surface area (Å²) in [7, 11) is -4.23. The van der Waals surface area contributed by atoms with Crippen molar-refractivity contribution in [3.63, 3.8) is 0 Å². The number of hydrogen-bond donors (Lipinski definition) is 1. The lowest BCUT2D eigenvalue weighted by molar-refractivity contribution is -0.152. The quantitative estimate of drug-likeness (QED) is 0.662. The van der Waals surface area contributed by atoms with Crippen LogP contribution in [0.15, 0.2) is 29.2 Å². The number of hydrogen-bond acceptors (Lipinski definition) is 5. The highest BCUT2D eigenvalue weighted by Gasteiger charge is 2.31. The van der Waals surface area contributed by atoms with E-state index in [1.165, 1.54) is 0 Å². The molecule has 1 atom stereocenters. The van der Waals surface area contributed by atoms with Gasteiger partial charge in [0, 0.05) is 19.6 Å². The van der Waals surface area contributed by atoms with E-state index in [0.29, 0.717) is 25.1 Å². The maximum atomic E-state index is 12.7. The summed E-state index contributed by atoms with van der Waals surface area (Å²) >= 11 is 0. The second-order valence-corrected chi connectivity index (χ2v) is 8.69. The van der Waals surface area contributed by atoms with Crippen molar-refractivity contribution in [2.24, 2.45) is 5.92 Å². The number of carbonyl (C=O) groups excluding carboxylic acids is 2. The maximum absolute atomic E-state index is 12.7. The Hall–Kier alpha value is -2.14. The highest BCUT2D eigenvalue weighted by atomic mass is 32.2. The Morgan fingerprint density at radius 2 is 2.03 bits per heavy atom. The molecule has 1 aliphatic heterocycles. The molecule has 1 aromatic rings. The monoisotopic (exact) mass is 436 g/mol. The van der Waals surface area contributed by atoms with Crippen LogP contribution in [0.5, 0.6) is 0 Å². The van der Waals surface area contributed by atoms with Crippen LogP contribution in [0.3, 0.4) is 0 Å². The molecule has 11 heteroatoms. The molecule has 0 aliphatic carbocycles. The minimum absolute atomic E-state index is 0.311. The molecule has 162 valence electrons. The zero-order chi connectivity index (χ0) is 21.7. The molecule has 0 radical (unpaired) electrons. The fraction of sp³-hybridized carbons (Fsp3) is 0.556. The van der Waals surface area contributed by atoms with Crippen molar-refractivity contribution in [1.82, 2.24) is 9.62 Å². The van der Waals surface area contributed by atoms with Gasteiger partial charge in [0.15, 0.2) is 6.61 Å². The first-order valence-corrected chi connectivity index (χ1v) is 10.6. The van der Waals surface area contributed by atoms with Crippen LogP contribution >= 0.6 is 0 Å². The lowest BCUT2D eigenvalue weighted by Crippen LogP contribution is -2.41. The van der Waals surface area contributed by atoms with Crippen LogP contribution in [0.4, 0.5) is 13.2 Å². The summed E-state index contributed by atoms with van der Waals surface area (Å²) in [5.74, 6) is -0.710. The zero-order valence-corrected chi connectivity index (χ0v) is 16.7. The highest BCUT2D eigenvalue weighted by molar-refractivity contribution is 7.89. The first-order valence-electron chi connectivity index (χ1n) is 9.09. The van der Waals surface area contributed by atoms with Gasteiger partial charge in [-0.05, 0) is 37.0 Å². The molecule has 7 nitrogen and oxygen atoms in total. The molecule has 29 heavy (non-hydrogen) atoms. The van der Waals surface area contributed by atoms with Crippen molar-refractivity contribution in [1.29, 1.82) is 0 Å². The third kappa shape index (κ3) is 7.00. The molecule has 0 saturated carbocycles. The Kier molecular flexibility index (Phi) is 7.64. The number of sulfonamides is 1. The number of likely N-dealkylation sites (tertiary alicyclic amines) is 1. The van der Waals surface area contributed by atoms with Crippen molar-refractivity contribution >= 4 is 21.9 Å². The molecular formula is C18H23F3N2O5S. The summed E-state index contributed by atoms with van der Waals surface area (Å²) in [6.45, 7) is 2.45. The second-order valence-electron chi connectivity index (χ2n) is 6.92. The SMILES string of the molecule is CC1CCCN(C(=O)COC(=O)CCNS(=O)(=O)c2cccc(C(F)(F)F)c2)C1. The van der Waals surface area contributed by atoms with Crippen LogP contribution in [-0.4, -0.2) is 51.4 Å². The van der Waals surface area contributed by atoms with Crippen molar-refractivity contribution in [3.05, 3.63) is 29.8 Å². The maximum Gasteiger partial charge on any atom is 0.416 e. The van der Waals surface area contributed by atoms with Crippen molar-refractivity contribution in [3.8, 4) is 0 Å². The first kappa shape index (κ1) is 23.1. The number of amides is 1. The molecule has 1 heterocycles. The lowest BCUT2D eigenvalue weighted by atomic mass is 10.0. The average Bonchev–Trinajstić information content (AvgIpc) is 2.65. The van der Waals surface area contributed by atoms with Gasteiger partial charge < -0.3 is 9.64 Å². The molecule has 2 rings (SSSR count). The van der Waals surface area contributed by atoms with Crippen molar-refractivity contribution < 1.29 is 35.9 Å². The predicted molar refractivity (Wildman–Crippen MR) is 97.2 cm³/mol. The molecule has 1 aromatic carbocycles. The predicted octanol–water partition coefficient (Wildman–Crippen LogP) is 2.18. The van der Waals surface area contributed by atoms with Gasteiger partial charge in [0.1, 0.15) is 0 Å². The van der Waals surface area contributed by atoms with E-state index in [0.717, 1.165) is 31.0 Å². The topological polar surface area (TPSA) is 92.8 Å². The molecule has 0 aromatic heterocycles. The summed E-state index contributed by atoms with van der Waals surface area (Å²) in [4.78, 5) is 24.8. The van der Waals surface area contributed by atoms with Gasteiger partial charge in [-0.25, -0.2) is 13.1 Å². The Morgan fingerprint density at radius 1 is 1.31 bits per heavy atom. The Labute approximate surface area is 167 Å². The number of piperidine rings is 1. The van der Waals surface area contributed by atoms with Crippen molar-refractivity contribution in [2.75, 3.05) is 26.2 Å². The van der Waals surface area contributed by atoms with E-state index in [4.69, 9.17) is 4.74 Å². The number of ether oxygens (including phenoxy) is 1. The molecular weight excluding hydrogens is 413 g/mol. The summed E-state index contributed by atoms with van der Waals surface area (Å²) in [5, 5.41) is 0. The largest absolute Gasteiger partial charge is 0.456 e. The van der Waals surface area contributed by atoms with E-state index in [9.17, 15) is 31.2 Å². The van der Waals surface area contributed by atoms with Crippen LogP contribution in [0, 0.1) is 5.92 Å². The van der Waals surface area contributed by atoms with Crippen LogP contribution in [0.25, 0.3) is 0 Å². The molecule has 1 unspecified atom stereocenters. The number of alkyl halides is 3. The molecule has 0 spiro atoms. The van der Waals surface area contributed by atoms with Gasteiger partial charge >= 0.3 is 12.1 Å². The molecule has 1 aliphatic rings. The minimum atomic E-state index is -4.67. The third-order valence-electron chi connectivity index (χ3n) is 4.46. The van der Waals surface area contributed by atoms with E-state index < -0.39 is 39.2 Å². The van der Waals surface area contributed by atoms with E-state index >= 15 is 0 Å². The van der Waals surface area contributed by atoms with Gasteiger partial charge in [-0.1, -0.05) is 13.0 Å².